The van der Waals surface area contributed by atoms with Gasteiger partial charge in [-0.1, -0.05) is 12.1 Å². The van der Waals surface area contributed by atoms with Gasteiger partial charge in [0.15, 0.2) is 5.78 Å². The summed E-state index contributed by atoms with van der Waals surface area (Å²) in [5, 5.41) is 9.63. The first kappa shape index (κ1) is 11.0. The van der Waals surface area contributed by atoms with Gasteiger partial charge in [0.25, 0.3) is 0 Å². The maximum atomic E-state index is 12.1. The number of nitrogen functional groups attached to an aromatic ring is 2. The van der Waals surface area contributed by atoms with Crippen LogP contribution in [-0.4, -0.2) is 10.9 Å². The molecule has 17 heavy (non-hydrogen) atoms. The van der Waals surface area contributed by atoms with Gasteiger partial charge in [-0.15, -0.1) is 0 Å². The molecule has 0 amide bonds. The number of rotatable bonds is 2. The normalized spacial score (nSPS) is 10.1. The molecular formula is C13H12N2O2. The molecule has 86 valence electrons. The van der Waals surface area contributed by atoms with Crippen molar-refractivity contribution in [2.75, 3.05) is 11.5 Å². The first-order chi connectivity index (χ1) is 8.08. The molecule has 0 spiro atoms. The molecule has 0 saturated carbocycles. The van der Waals surface area contributed by atoms with Crippen LogP contribution >= 0.6 is 0 Å². The summed E-state index contributed by atoms with van der Waals surface area (Å²) in [6.45, 7) is 0. The number of anilines is 2. The number of aromatic hydroxyl groups is 1. The fourth-order valence-corrected chi connectivity index (χ4v) is 1.57. The highest BCUT2D eigenvalue weighted by atomic mass is 16.3. The van der Waals surface area contributed by atoms with Gasteiger partial charge < -0.3 is 16.6 Å². The van der Waals surface area contributed by atoms with E-state index in [1.54, 1.807) is 24.3 Å². The number of phenolic OH excluding ortho intramolecular Hbond substituents is 1. The van der Waals surface area contributed by atoms with Crippen molar-refractivity contribution in [3.63, 3.8) is 0 Å². The Morgan fingerprint density at radius 2 is 1.71 bits per heavy atom. The van der Waals surface area contributed by atoms with E-state index in [0.29, 0.717) is 16.9 Å². The number of hydrogen-bond donors (Lipinski definition) is 3. The predicted molar refractivity (Wildman–Crippen MR) is 66.8 cm³/mol. The van der Waals surface area contributed by atoms with Crippen molar-refractivity contribution in [2.24, 2.45) is 0 Å². The van der Waals surface area contributed by atoms with Gasteiger partial charge in [0.2, 0.25) is 0 Å². The molecule has 0 unspecified atom stereocenters. The van der Waals surface area contributed by atoms with E-state index >= 15 is 0 Å². The maximum absolute atomic E-state index is 12.1. The number of benzene rings is 2. The highest BCUT2D eigenvalue weighted by Gasteiger charge is 2.13. The molecule has 0 aliphatic rings. The Bertz CT molecular complexity index is 579. The maximum Gasteiger partial charge on any atom is 0.196 e. The third kappa shape index (κ3) is 2.20. The number of nitrogens with two attached hydrogens (primary N) is 2. The Morgan fingerprint density at radius 1 is 1.00 bits per heavy atom. The minimum atomic E-state index is -0.304. The van der Waals surface area contributed by atoms with Crippen LogP contribution in [0.4, 0.5) is 11.4 Å². The van der Waals surface area contributed by atoms with Gasteiger partial charge in [0.05, 0.1) is 5.56 Å². The Hall–Kier alpha value is -2.49. The Labute approximate surface area is 98.5 Å². The summed E-state index contributed by atoms with van der Waals surface area (Å²) in [5.41, 5.74) is 12.7. The van der Waals surface area contributed by atoms with Crippen molar-refractivity contribution >= 4 is 17.2 Å². The molecule has 0 aliphatic carbocycles. The summed E-state index contributed by atoms with van der Waals surface area (Å²) in [6.07, 6.45) is 0. The van der Waals surface area contributed by atoms with Crippen molar-refractivity contribution in [2.45, 2.75) is 0 Å². The minimum Gasteiger partial charge on any atom is -0.507 e. The molecule has 2 aromatic rings. The summed E-state index contributed by atoms with van der Waals surface area (Å²) in [6, 6.07) is 11.0. The Kier molecular flexibility index (Phi) is 2.70. The Morgan fingerprint density at radius 3 is 2.41 bits per heavy atom. The molecule has 0 heterocycles. The van der Waals surface area contributed by atoms with Crippen LogP contribution in [0.3, 0.4) is 0 Å². The highest BCUT2D eigenvalue weighted by molar-refractivity contribution is 6.11. The first-order valence-corrected chi connectivity index (χ1v) is 5.06. The van der Waals surface area contributed by atoms with Gasteiger partial charge in [0.1, 0.15) is 5.75 Å². The fraction of sp³-hybridized carbons (Fsp3) is 0. The van der Waals surface area contributed by atoms with Crippen LogP contribution in [0.1, 0.15) is 15.9 Å². The average Bonchev–Trinajstić information content (AvgIpc) is 2.31. The number of carbonyl (C=O) groups excluding carboxylic acids is 1. The second-order valence-corrected chi connectivity index (χ2v) is 3.73. The van der Waals surface area contributed by atoms with Gasteiger partial charge in [-0.3, -0.25) is 4.79 Å². The summed E-state index contributed by atoms with van der Waals surface area (Å²) >= 11 is 0. The molecular weight excluding hydrogens is 216 g/mol. The molecule has 0 bridgehead atoms. The molecule has 0 saturated heterocycles. The lowest BCUT2D eigenvalue weighted by Crippen LogP contribution is -2.03. The lowest BCUT2D eigenvalue weighted by Gasteiger charge is -2.05. The second kappa shape index (κ2) is 4.17. The van der Waals surface area contributed by atoms with E-state index < -0.39 is 0 Å². The molecule has 2 rings (SSSR count). The number of hydrogen-bond acceptors (Lipinski definition) is 4. The summed E-state index contributed by atoms with van der Waals surface area (Å²) < 4.78 is 0. The van der Waals surface area contributed by atoms with Crippen molar-refractivity contribution in [3.05, 3.63) is 53.6 Å². The SMILES string of the molecule is Nc1cccc(C(=O)c2cc(N)ccc2O)c1. The van der Waals surface area contributed by atoms with Crippen LogP contribution in [0.2, 0.25) is 0 Å². The fourth-order valence-electron chi connectivity index (χ4n) is 1.57. The van der Waals surface area contributed by atoms with Gasteiger partial charge in [-0.2, -0.15) is 0 Å². The molecule has 0 aliphatic heterocycles. The minimum absolute atomic E-state index is 0.0911. The van der Waals surface area contributed by atoms with Crippen LogP contribution in [0.15, 0.2) is 42.5 Å². The highest BCUT2D eigenvalue weighted by Crippen LogP contribution is 2.23. The number of phenols is 1. The number of ketones is 1. The third-order valence-corrected chi connectivity index (χ3v) is 2.41. The molecule has 0 radical (unpaired) electrons. The lowest BCUT2D eigenvalue weighted by molar-refractivity contribution is 0.103. The third-order valence-electron chi connectivity index (χ3n) is 2.41. The van der Waals surface area contributed by atoms with E-state index in [1.165, 1.54) is 18.2 Å². The molecule has 4 nitrogen and oxygen atoms in total. The molecule has 0 aromatic heterocycles. The van der Waals surface area contributed by atoms with Crippen LogP contribution < -0.4 is 11.5 Å². The topological polar surface area (TPSA) is 89.3 Å². The summed E-state index contributed by atoms with van der Waals surface area (Å²) in [4.78, 5) is 12.1. The Balaban J connectivity index is 2.47. The van der Waals surface area contributed by atoms with Crippen molar-refractivity contribution in [3.8, 4) is 5.75 Å². The van der Waals surface area contributed by atoms with E-state index in [1.807, 2.05) is 0 Å². The van der Waals surface area contributed by atoms with E-state index in [4.69, 9.17) is 11.5 Å². The average molecular weight is 228 g/mol. The van der Waals surface area contributed by atoms with Crippen molar-refractivity contribution in [1.29, 1.82) is 0 Å². The van der Waals surface area contributed by atoms with Crippen LogP contribution in [0, 0.1) is 0 Å². The first-order valence-electron chi connectivity index (χ1n) is 5.06. The van der Waals surface area contributed by atoms with Gasteiger partial charge in [-0.25, -0.2) is 0 Å². The largest absolute Gasteiger partial charge is 0.507 e. The van der Waals surface area contributed by atoms with Gasteiger partial charge >= 0.3 is 0 Å². The predicted octanol–water partition coefficient (Wildman–Crippen LogP) is 1.79. The zero-order chi connectivity index (χ0) is 12.4. The lowest BCUT2D eigenvalue weighted by atomic mass is 10.0. The molecule has 0 atom stereocenters. The molecule has 0 fully saturated rings. The van der Waals surface area contributed by atoms with Crippen LogP contribution in [0.5, 0.6) is 5.75 Å². The second-order valence-electron chi connectivity index (χ2n) is 3.73. The van der Waals surface area contributed by atoms with E-state index in [0.717, 1.165) is 0 Å². The van der Waals surface area contributed by atoms with Crippen molar-refractivity contribution in [1.82, 2.24) is 0 Å². The van der Waals surface area contributed by atoms with E-state index in [9.17, 15) is 9.90 Å². The van der Waals surface area contributed by atoms with Gasteiger partial charge in [0, 0.05) is 16.9 Å². The zero-order valence-corrected chi connectivity index (χ0v) is 9.05. The molecule has 2 aromatic carbocycles. The van der Waals surface area contributed by atoms with Crippen LogP contribution in [-0.2, 0) is 0 Å². The summed E-state index contributed by atoms with van der Waals surface area (Å²) in [7, 11) is 0. The smallest absolute Gasteiger partial charge is 0.196 e. The van der Waals surface area contributed by atoms with Crippen molar-refractivity contribution < 1.29 is 9.90 Å². The van der Waals surface area contributed by atoms with Crippen LogP contribution in [0.25, 0.3) is 0 Å². The number of carbonyl (C=O) groups is 1. The monoisotopic (exact) mass is 228 g/mol. The van der Waals surface area contributed by atoms with Gasteiger partial charge in [-0.05, 0) is 30.3 Å². The zero-order valence-electron chi connectivity index (χ0n) is 9.05. The standard InChI is InChI=1S/C13H12N2O2/c14-9-3-1-2-8(6-9)13(17)11-7-10(15)4-5-12(11)16/h1-7,16H,14-15H2. The quantitative estimate of drug-likeness (QED) is 0.415. The summed E-state index contributed by atoms with van der Waals surface area (Å²) in [5.74, 6) is -0.395. The molecule has 4 heteroatoms. The van der Waals surface area contributed by atoms with E-state index in [2.05, 4.69) is 0 Å². The van der Waals surface area contributed by atoms with E-state index in [-0.39, 0.29) is 17.1 Å². The molecule has 5 N–H and O–H groups in total.